The topological polar surface area (TPSA) is 20.2 Å². The van der Waals surface area contributed by atoms with Gasteiger partial charge in [0.25, 0.3) is 0 Å². The van der Waals surface area contributed by atoms with Gasteiger partial charge in [0, 0.05) is 5.56 Å². The lowest BCUT2D eigenvalue weighted by Crippen LogP contribution is -2.50. The van der Waals surface area contributed by atoms with Crippen LogP contribution in [0.15, 0.2) is 30.3 Å². The van der Waals surface area contributed by atoms with Gasteiger partial charge in [-0.1, -0.05) is 147 Å². The van der Waals surface area contributed by atoms with Crippen molar-refractivity contribution in [1.29, 1.82) is 0 Å². The van der Waals surface area contributed by atoms with Gasteiger partial charge in [0.2, 0.25) is 0 Å². The molecule has 0 heterocycles. The number of nitrogens with zero attached hydrogens (tertiary/aromatic N) is 1. The smallest absolute Gasteiger partial charge is 0.104 e. The summed E-state index contributed by atoms with van der Waals surface area (Å²) in [6.45, 7) is 9.34. The van der Waals surface area contributed by atoms with Crippen molar-refractivity contribution in [3.63, 3.8) is 0 Å². The van der Waals surface area contributed by atoms with Crippen molar-refractivity contribution < 1.29 is 9.59 Å². The number of hydrogen-bond acceptors (Lipinski definition) is 1. The SMILES string of the molecule is CCCCCCCCCCCC[N+](CCO)(CCCCCCCCCCCC)Cc1ccccc1. The van der Waals surface area contributed by atoms with E-state index >= 15 is 0 Å². The highest BCUT2D eigenvalue weighted by Gasteiger charge is 2.26. The Kier molecular flexibility index (Phi) is 21.6. The van der Waals surface area contributed by atoms with Crippen LogP contribution in [0.2, 0.25) is 0 Å². The van der Waals surface area contributed by atoms with E-state index < -0.39 is 0 Å². The Labute approximate surface area is 220 Å². The minimum absolute atomic E-state index is 0.308. The summed E-state index contributed by atoms with van der Waals surface area (Å²) in [6.07, 6.45) is 27.8. The second kappa shape index (κ2) is 23.5. The lowest BCUT2D eigenvalue weighted by Gasteiger charge is -2.39. The van der Waals surface area contributed by atoms with Crippen LogP contribution >= 0.6 is 0 Å². The first-order valence-electron chi connectivity index (χ1n) is 15.8. The van der Waals surface area contributed by atoms with Crippen LogP contribution in [0.1, 0.15) is 148 Å². The molecular weight excluding hydrogens is 426 g/mol. The van der Waals surface area contributed by atoms with Crippen LogP contribution in [0.25, 0.3) is 0 Å². The highest BCUT2D eigenvalue weighted by atomic mass is 16.3. The van der Waals surface area contributed by atoms with Crippen LogP contribution in [-0.2, 0) is 6.54 Å². The van der Waals surface area contributed by atoms with Crippen molar-refractivity contribution in [3.8, 4) is 0 Å². The fraction of sp³-hybridized carbons (Fsp3) is 0.818. The summed E-state index contributed by atoms with van der Waals surface area (Å²) >= 11 is 0. The van der Waals surface area contributed by atoms with Crippen molar-refractivity contribution in [3.05, 3.63) is 35.9 Å². The zero-order chi connectivity index (χ0) is 25.3. The number of quaternary nitrogens is 1. The van der Waals surface area contributed by atoms with Crippen LogP contribution in [0.3, 0.4) is 0 Å². The number of benzene rings is 1. The van der Waals surface area contributed by atoms with Crippen LogP contribution < -0.4 is 0 Å². The molecule has 0 aliphatic carbocycles. The molecule has 0 aliphatic heterocycles. The lowest BCUT2D eigenvalue weighted by molar-refractivity contribution is -0.941. The molecular formula is C33H62NO+. The van der Waals surface area contributed by atoms with Gasteiger partial charge in [-0.3, -0.25) is 0 Å². The van der Waals surface area contributed by atoms with Crippen molar-refractivity contribution in [2.75, 3.05) is 26.2 Å². The molecule has 0 unspecified atom stereocenters. The zero-order valence-corrected chi connectivity index (χ0v) is 24.0. The maximum Gasteiger partial charge on any atom is 0.104 e. The minimum Gasteiger partial charge on any atom is -0.391 e. The first kappa shape index (κ1) is 32.2. The fourth-order valence-electron chi connectivity index (χ4n) is 5.62. The first-order chi connectivity index (χ1) is 17.3. The molecule has 0 aromatic heterocycles. The molecule has 1 N–H and O–H groups in total. The summed E-state index contributed by atoms with van der Waals surface area (Å²) in [4.78, 5) is 0. The molecule has 0 aliphatic rings. The second-order valence-electron chi connectivity index (χ2n) is 11.2. The Morgan fingerprint density at radius 1 is 0.486 bits per heavy atom. The maximum atomic E-state index is 9.99. The Balaban J connectivity index is 2.38. The van der Waals surface area contributed by atoms with E-state index in [1.165, 1.54) is 147 Å². The quantitative estimate of drug-likeness (QED) is 0.102. The van der Waals surface area contributed by atoms with Gasteiger partial charge in [-0.2, -0.15) is 0 Å². The summed E-state index contributed by atoms with van der Waals surface area (Å²) in [7, 11) is 0. The number of hydrogen-bond donors (Lipinski definition) is 1. The molecule has 204 valence electrons. The van der Waals surface area contributed by atoms with Crippen molar-refractivity contribution in [2.45, 2.75) is 149 Å². The van der Waals surface area contributed by atoms with Gasteiger partial charge in [-0.25, -0.2) is 0 Å². The summed E-state index contributed by atoms with van der Waals surface area (Å²) in [6, 6.07) is 11.0. The van der Waals surface area contributed by atoms with E-state index in [2.05, 4.69) is 44.2 Å². The molecule has 0 amide bonds. The van der Waals surface area contributed by atoms with E-state index in [1.807, 2.05) is 0 Å². The molecule has 1 aromatic rings. The molecule has 2 heteroatoms. The van der Waals surface area contributed by atoms with Gasteiger partial charge in [0.1, 0.15) is 13.1 Å². The largest absolute Gasteiger partial charge is 0.391 e. The molecule has 0 saturated carbocycles. The molecule has 0 bridgehead atoms. The second-order valence-corrected chi connectivity index (χ2v) is 11.2. The van der Waals surface area contributed by atoms with Gasteiger partial charge in [0.15, 0.2) is 0 Å². The predicted molar refractivity (Wildman–Crippen MR) is 156 cm³/mol. The third-order valence-electron chi connectivity index (χ3n) is 7.91. The first-order valence-corrected chi connectivity index (χ1v) is 15.8. The van der Waals surface area contributed by atoms with Gasteiger partial charge in [-0.05, 0) is 25.7 Å². The molecule has 1 rings (SSSR count). The molecule has 35 heavy (non-hydrogen) atoms. The molecule has 0 spiro atoms. The van der Waals surface area contributed by atoms with Crippen LogP contribution in [-0.4, -0.2) is 35.8 Å². The number of unbranched alkanes of at least 4 members (excludes halogenated alkanes) is 18. The minimum atomic E-state index is 0.308. The number of aliphatic hydroxyl groups excluding tert-OH is 1. The Morgan fingerprint density at radius 2 is 0.857 bits per heavy atom. The zero-order valence-electron chi connectivity index (χ0n) is 24.0. The number of aliphatic hydroxyl groups is 1. The maximum absolute atomic E-state index is 9.99. The third-order valence-corrected chi connectivity index (χ3v) is 7.91. The van der Waals surface area contributed by atoms with Gasteiger partial charge < -0.3 is 9.59 Å². The third kappa shape index (κ3) is 18.1. The molecule has 2 nitrogen and oxygen atoms in total. The van der Waals surface area contributed by atoms with Gasteiger partial charge in [0.05, 0.1) is 19.7 Å². The average Bonchev–Trinajstić information content (AvgIpc) is 2.87. The highest BCUT2D eigenvalue weighted by molar-refractivity contribution is 5.13. The van der Waals surface area contributed by atoms with E-state index in [0.29, 0.717) is 6.61 Å². The molecule has 0 fully saturated rings. The Bertz CT molecular complexity index is 519. The predicted octanol–water partition coefficient (Wildman–Crippen LogP) is 9.84. The molecule has 0 saturated heterocycles. The van der Waals surface area contributed by atoms with Gasteiger partial charge >= 0.3 is 0 Å². The average molecular weight is 489 g/mol. The van der Waals surface area contributed by atoms with Crippen LogP contribution in [0, 0.1) is 0 Å². The lowest BCUT2D eigenvalue weighted by atomic mass is 10.0. The van der Waals surface area contributed by atoms with Crippen molar-refractivity contribution in [2.24, 2.45) is 0 Å². The van der Waals surface area contributed by atoms with E-state index in [1.54, 1.807) is 0 Å². The molecule has 0 atom stereocenters. The van der Waals surface area contributed by atoms with Crippen LogP contribution in [0.5, 0.6) is 0 Å². The van der Waals surface area contributed by atoms with E-state index in [-0.39, 0.29) is 0 Å². The molecule has 1 aromatic carbocycles. The van der Waals surface area contributed by atoms with E-state index in [4.69, 9.17) is 0 Å². The molecule has 0 radical (unpaired) electrons. The monoisotopic (exact) mass is 488 g/mol. The van der Waals surface area contributed by atoms with E-state index in [9.17, 15) is 5.11 Å². The van der Waals surface area contributed by atoms with Gasteiger partial charge in [-0.15, -0.1) is 0 Å². The van der Waals surface area contributed by atoms with Crippen LogP contribution in [0.4, 0.5) is 0 Å². The summed E-state index contributed by atoms with van der Waals surface area (Å²) in [5.41, 5.74) is 1.43. The summed E-state index contributed by atoms with van der Waals surface area (Å²) in [5.74, 6) is 0. The van der Waals surface area contributed by atoms with Crippen molar-refractivity contribution in [1.82, 2.24) is 0 Å². The Morgan fingerprint density at radius 3 is 1.23 bits per heavy atom. The fourth-order valence-corrected chi connectivity index (χ4v) is 5.62. The van der Waals surface area contributed by atoms with E-state index in [0.717, 1.165) is 17.6 Å². The summed E-state index contributed by atoms with van der Waals surface area (Å²) in [5, 5.41) is 9.99. The number of rotatable bonds is 26. The standard InChI is InChI=1S/C33H62NO/c1-3-5-7-9-11-13-15-17-19-24-28-34(30-31-35,32-33-26-22-21-23-27-33)29-25-20-18-16-14-12-10-8-6-4-2/h21-23,26-27,35H,3-20,24-25,28-32H2,1-2H3/q+1. The normalized spacial score (nSPS) is 11.9. The van der Waals surface area contributed by atoms with Crippen molar-refractivity contribution >= 4 is 0 Å². The summed E-state index contributed by atoms with van der Waals surface area (Å²) < 4.78 is 1.08. The Hall–Kier alpha value is -0.860. The highest BCUT2D eigenvalue weighted by Crippen LogP contribution is 2.20.